The van der Waals surface area contributed by atoms with E-state index in [1.807, 2.05) is 49.1 Å². The van der Waals surface area contributed by atoms with Crippen LogP contribution in [0.1, 0.15) is 52.0 Å². The highest BCUT2D eigenvalue weighted by molar-refractivity contribution is 5.82. The van der Waals surface area contributed by atoms with Gasteiger partial charge in [0.1, 0.15) is 6.61 Å². The van der Waals surface area contributed by atoms with E-state index in [9.17, 15) is 9.59 Å². The molecular weight excluding hydrogens is 330 g/mol. The first kappa shape index (κ1) is 20.2. The number of benzene rings is 1. The fourth-order valence-electron chi connectivity index (χ4n) is 3.56. The van der Waals surface area contributed by atoms with Crippen LogP contribution in [0.25, 0.3) is 0 Å². The summed E-state index contributed by atoms with van der Waals surface area (Å²) in [6.45, 7) is 5.91. The molecule has 1 aromatic rings. The third-order valence-corrected chi connectivity index (χ3v) is 4.80. The maximum Gasteiger partial charge on any atom is 0.407 e. The summed E-state index contributed by atoms with van der Waals surface area (Å²) in [5, 5.41) is 2.97. The predicted octanol–water partition coefficient (Wildman–Crippen LogP) is 2.81. The Balaban J connectivity index is 2.00. The van der Waals surface area contributed by atoms with Crippen molar-refractivity contribution in [3.05, 3.63) is 35.9 Å². The Labute approximate surface area is 156 Å². The first-order valence-electron chi connectivity index (χ1n) is 9.45. The van der Waals surface area contributed by atoms with Crippen LogP contribution < -0.4 is 11.1 Å². The van der Waals surface area contributed by atoms with Crippen molar-refractivity contribution < 1.29 is 14.3 Å². The molecule has 0 radical (unpaired) electrons. The van der Waals surface area contributed by atoms with Gasteiger partial charge < -0.3 is 20.7 Å². The maximum atomic E-state index is 12.6. The normalized spacial score (nSPS) is 21.1. The van der Waals surface area contributed by atoms with E-state index in [0.717, 1.165) is 31.2 Å². The molecule has 3 N–H and O–H groups in total. The molecular formula is C20H31N3O3. The second-order valence-corrected chi connectivity index (χ2v) is 7.29. The van der Waals surface area contributed by atoms with Crippen molar-refractivity contribution in [1.82, 2.24) is 10.2 Å². The minimum atomic E-state index is -0.551. The molecule has 0 bridgehead atoms. The Hall–Kier alpha value is -2.08. The smallest absolute Gasteiger partial charge is 0.407 e. The number of nitrogens with one attached hydrogen (secondary N) is 1. The van der Waals surface area contributed by atoms with Crippen LogP contribution in [0.5, 0.6) is 0 Å². The quantitative estimate of drug-likeness (QED) is 0.816. The first-order chi connectivity index (χ1) is 12.4. The van der Waals surface area contributed by atoms with Crippen LogP contribution in [0.2, 0.25) is 0 Å². The predicted molar refractivity (Wildman–Crippen MR) is 101 cm³/mol. The summed E-state index contributed by atoms with van der Waals surface area (Å²) in [5.41, 5.74) is 6.78. The number of hydrogen-bond acceptors (Lipinski definition) is 4. The van der Waals surface area contributed by atoms with Crippen molar-refractivity contribution in [2.45, 2.75) is 77.2 Å². The van der Waals surface area contributed by atoms with Gasteiger partial charge in [-0.05, 0) is 39.2 Å². The zero-order valence-electron chi connectivity index (χ0n) is 16.0. The monoisotopic (exact) mass is 361 g/mol. The van der Waals surface area contributed by atoms with Crippen molar-refractivity contribution in [3.63, 3.8) is 0 Å². The SMILES string of the molecule is CC(C)N(C(=O)[C@H](C)N)[C@H]1CCCC[C@H]1NC(=O)OCc1ccccc1. The molecule has 0 aliphatic heterocycles. The van der Waals surface area contributed by atoms with Crippen LogP contribution in [0.3, 0.4) is 0 Å². The summed E-state index contributed by atoms with van der Waals surface area (Å²) in [7, 11) is 0. The molecule has 1 saturated carbocycles. The molecule has 0 saturated heterocycles. The highest BCUT2D eigenvalue weighted by Gasteiger charge is 2.36. The minimum absolute atomic E-state index is 0.0289. The number of nitrogens with two attached hydrogens (primary N) is 1. The summed E-state index contributed by atoms with van der Waals surface area (Å²) in [4.78, 5) is 26.7. The molecule has 6 heteroatoms. The van der Waals surface area contributed by atoms with Gasteiger partial charge >= 0.3 is 6.09 Å². The van der Waals surface area contributed by atoms with E-state index in [2.05, 4.69) is 5.32 Å². The van der Waals surface area contributed by atoms with Crippen molar-refractivity contribution in [2.75, 3.05) is 0 Å². The largest absolute Gasteiger partial charge is 0.445 e. The van der Waals surface area contributed by atoms with Crippen LogP contribution in [-0.2, 0) is 16.1 Å². The Morgan fingerprint density at radius 1 is 1.19 bits per heavy atom. The number of ether oxygens (including phenoxy) is 1. The van der Waals surface area contributed by atoms with E-state index in [1.54, 1.807) is 6.92 Å². The molecule has 1 aromatic carbocycles. The third kappa shape index (κ3) is 5.46. The van der Waals surface area contributed by atoms with Gasteiger partial charge in [-0.1, -0.05) is 43.2 Å². The van der Waals surface area contributed by atoms with E-state index in [1.165, 1.54) is 0 Å². The molecule has 0 spiro atoms. The molecule has 1 fully saturated rings. The molecule has 6 nitrogen and oxygen atoms in total. The number of carbonyl (C=O) groups is 2. The fourth-order valence-corrected chi connectivity index (χ4v) is 3.56. The van der Waals surface area contributed by atoms with Gasteiger partial charge in [-0.2, -0.15) is 0 Å². The highest BCUT2D eigenvalue weighted by atomic mass is 16.5. The van der Waals surface area contributed by atoms with Gasteiger partial charge in [-0.3, -0.25) is 4.79 Å². The highest BCUT2D eigenvalue weighted by Crippen LogP contribution is 2.25. The lowest BCUT2D eigenvalue weighted by molar-refractivity contribution is -0.138. The molecule has 2 rings (SSSR count). The molecule has 1 aliphatic carbocycles. The fraction of sp³-hybridized carbons (Fsp3) is 0.600. The molecule has 0 aromatic heterocycles. The summed E-state index contributed by atoms with van der Waals surface area (Å²) in [6, 6.07) is 8.89. The number of alkyl carbamates (subject to hydrolysis) is 1. The van der Waals surface area contributed by atoms with E-state index in [0.29, 0.717) is 0 Å². The standard InChI is InChI=1S/C20H31N3O3/c1-14(2)23(19(24)15(3)21)18-12-8-7-11-17(18)22-20(25)26-13-16-9-5-4-6-10-16/h4-6,9-10,14-15,17-18H,7-8,11-13,21H2,1-3H3,(H,22,25)/t15-,17+,18-/m0/s1. The van der Waals surface area contributed by atoms with Crippen LogP contribution in [0.15, 0.2) is 30.3 Å². The minimum Gasteiger partial charge on any atom is -0.445 e. The van der Waals surface area contributed by atoms with Gasteiger partial charge in [0, 0.05) is 6.04 Å². The second-order valence-electron chi connectivity index (χ2n) is 7.29. The average Bonchev–Trinajstić information content (AvgIpc) is 2.62. The van der Waals surface area contributed by atoms with E-state index < -0.39 is 12.1 Å². The van der Waals surface area contributed by atoms with Gasteiger partial charge in [0.25, 0.3) is 0 Å². The van der Waals surface area contributed by atoms with Crippen molar-refractivity contribution in [1.29, 1.82) is 0 Å². The Morgan fingerprint density at radius 3 is 2.46 bits per heavy atom. The molecule has 2 amide bonds. The number of hydrogen-bond donors (Lipinski definition) is 2. The zero-order valence-corrected chi connectivity index (χ0v) is 16.0. The molecule has 1 aliphatic rings. The molecule has 0 unspecified atom stereocenters. The summed E-state index contributed by atoms with van der Waals surface area (Å²) < 4.78 is 5.35. The lowest BCUT2D eigenvalue weighted by atomic mass is 9.88. The topological polar surface area (TPSA) is 84.7 Å². The maximum absolute atomic E-state index is 12.6. The van der Waals surface area contributed by atoms with E-state index in [4.69, 9.17) is 10.5 Å². The van der Waals surface area contributed by atoms with Crippen LogP contribution in [-0.4, -0.2) is 41.1 Å². The third-order valence-electron chi connectivity index (χ3n) is 4.80. The zero-order chi connectivity index (χ0) is 19.1. The van der Waals surface area contributed by atoms with Gasteiger partial charge in [0.05, 0.1) is 18.1 Å². The first-order valence-corrected chi connectivity index (χ1v) is 9.45. The molecule has 3 atom stereocenters. The Bertz CT molecular complexity index is 589. The van der Waals surface area contributed by atoms with Crippen molar-refractivity contribution in [3.8, 4) is 0 Å². The molecule has 144 valence electrons. The number of nitrogens with zero attached hydrogens (tertiary/aromatic N) is 1. The Kier molecular flexibility index (Phi) is 7.45. The lowest BCUT2D eigenvalue weighted by Gasteiger charge is -2.43. The molecule has 26 heavy (non-hydrogen) atoms. The average molecular weight is 361 g/mol. The van der Waals surface area contributed by atoms with Gasteiger partial charge in [-0.15, -0.1) is 0 Å². The summed E-state index contributed by atoms with van der Waals surface area (Å²) in [6.07, 6.45) is 3.32. The van der Waals surface area contributed by atoms with Crippen LogP contribution >= 0.6 is 0 Å². The summed E-state index contributed by atoms with van der Waals surface area (Å²) in [5.74, 6) is -0.0728. The number of rotatable bonds is 6. The number of carbonyl (C=O) groups excluding carboxylic acids is 2. The van der Waals surface area contributed by atoms with Gasteiger partial charge in [0.2, 0.25) is 5.91 Å². The van der Waals surface area contributed by atoms with Gasteiger partial charge in [-0.25, -0.2) is 4.79 Å². The van der Waals surface area contributed by atoms with Crippen molar-refractivity contribution >= 4 is 12.0 Å². The van der Waals surface area contributed by atoms with Crippen LogP contribution in [0, 0.1) is 0 Å². The Morgan fingerprint density at radius 2 is 1.85 bits per heavy atom. The van der Waals surface area contributed by atoms with E-state index >= 15 is 0 Å². The van der Waals surface area contributed by atoms with Crippen LogP contribution in [0.4, 0.5) is 4.79 Å². The second kappa shape index (κ2) is 9.57. The van der Waals surface area contributed by atoms with Gasteiger partial charge in [0.15, 0.2) is 0 Å². The summed E-state index contributed by atoms with van der Waals surface area (Å²) >= 11 is 0. The molecule has 0 heterocycles. The van der Waals surface area contributed by atoms with E-state index in [-0.39, 0.29) is 30.6 Å². The number of amides is 2. The van der Waals surface area contributed by atoms with Crippen molar-refractivity contribution in [2.24, 2.45) is 5.73 Å². The lowest BCUT2D eigenvalue weighted by Crippen LogP contribution is -2.59.